The molecule has 7 heteroatoms. The number of aromatic nitrogens is 1. The lowest BCUT2D eigenvalue weighted by molar-refractivity contribution is 0.553. The summed E-state index contributed by atoms with van der Waals surface area (Å²) in [5.74, 6) is -0.503. The van der Waals surface area contributed by atoms with Gasteiger partial charge in [0.15, 0.2) is 5.96 Å². The molecule has 1 fully saturated rings. The van der Waals surface area contributed by atoms with Gasteiger partial charge in [-0.25, -0.2) is 13.8 Å². The van der Waals surface area contributed by atoms with Crippen molar-refractivity contribution in [3.05, 3.63) is 65.5 Å². The van der Waals surface area contributed by atoms with E-state index in [-0.39, 0.29) is 41.5 Å². The molecule has 2 unspecified atom stereocenters. The molecule has 1 aliphatic carbocycles. The van der Waals surface area contributed by atoms with Gasteiger partial charge in [0.25, 0.3) is 0 Å². The van der Waals surface area contributed by atoms with Gasteiger partial charge < -0.3 is 10.6 Å². The first-order chi connectivity index (χ1) is 11.7. The standard InChI is InChI=1S/C18H20F2N4.HI/c1-2-21-18(23-11-12-6-3-4-9-22-12)24-16-10-13(16)17-14(19)7-5-8-15(17)20;/h3-9,13,16H,2,10-11H2,1H3,(H2,21,23,24);1H. The lowest BCUT2D eigenvalue weighted by Gasteiger charge is -2.11. The first-order valence-electron chi connectivity index (χ1n) is 8.07. The number of hydrogen-bond donors (Lipinski definition) is 2. The number of nitrogens with one attached hydrogen (secondary N) is 2. The van der Waals surface area contributed by atoms with E-state index >= 15 is 0 Å². The Bertz CT molecular complexity index is 704. The number of halogens is 3. The summed E-state index contributed by atoms with van der Waals surface area (Å²) in [7, 11) is 0. The minimum absolute atomic E-state index is 0. The number of benzene rings is 1. The zero-order valence-electron chi connectivity index (χ0n) is 13.9. The number of pyridine rings is 1. The lowest BCUT2D eigenvalue weighted by Crippen LogP contribution is -2.39. The second-order valence-corrected chi connectivity index (χ2v) is 5.74. The number of nitrogens with zero attached hydrogens (tertiary/aromatic N) is 2. The average Bonchev–Trinajstić information content (AvgIpc) is 3.32. The Balaban J connectivity index is 0.00000225. The molecule has 1 saturated carbocycles. The van der Waals surface area contributed by atoms with Crippen LogP contribution in [0.1, 0.15) is 30.5 Å². The van der Waals surface area contributed by atoms with Crippen molar-refractivity contribution in [1.82, 2.24) is 15.6 Å². The van der Waals surface area contributed by atoms with E-state index in [2.05, 4.69) is 20.6 Å². The third kappa shape index (κ3) is 5.10. The number of guanidine groups is 1. The van der Waals surface area contributed by atoms with Crippen LogP contribution in [-0.2, 0) is 6.54 Å². The molecule has 0 amide bonds. The quantitative estimate of drug-likeness (QED) is 0.409. The van der Waals surface area contributed by atoms with Crippen LogP contribution in [0.3, 0.4) is 0 Å². The molecule has 0 spiro atoms. The summed E-state index contributed by atoms with van der Waals surface area (Å²) >= 11 is 0. The normalized spacial score (nSPS) is 19.1. The fraction of sp³-hybridized carbons (Fsp3) is 0.333. The highest BCUT2D eigenvalue weighted by Crippen LogP contribution is 2.43. The molecule has 2 aromatic rings. The second kappa shape index (κ2) is 9.07. The summed E-state index contributed by atoms with van der Waals surface area (Å²) in [5, 5.41) is 6.39. The van der Waals surface area contributed by atoms with Gasteiger partial charge in [-0.1, -0.05) is 12.1 Å². The van der Waals surface area contributed by atoms with Gasteiger partial charge in [-0.15, -0.1) is 24.0 Å². The average molecular weight is 458 g/mol. The maximum absolute atomic E-state index is 13.8. The summed E-state index contributed by atoms with van der Waals surface area (Å²) < 4.78 is 27.7. The maximum Gasteiger partial charge on any atom is 0.191 e. The minimum atomic E-state index is -0.486. The molecular formula is C18H21F2IN4. The van der Waals surface area contributed by atoms with E-state index in [1.807, 2.05) is 25.1 Å². The summed E-state index contributed by atoms with van der Waals surface area (Å²) in [6.45, 7) is 3.12. The van der Waals surface area contributed by atoms with E-state index in [0.717, 1.165) is 5.69 Å². The van der Waals surface area contributed by atoms with Crippen LogP contribution in [0.4, 0.5) is 8.78 Å². The van der Waals surface area contributed by atoms with Gasteiger partial charge in [0.2, 0.25) is 0 Å². The highest BCUT2D eigenvalue weighted by Gasteiger charge is 2.42. The SMILES string of the molecule is CCNC(=NCc1ccccn1)NC1CC1c1c(F)cccc1F.I. The van der Waals surface area contributed by atoms with E-state index in [1.54, 1.807) is 6.20 Å². The first kappa shape index (κ1) is 19.6. The predicted molar refractivity (Wildman–Crippen MR) is 105 cm³/mol. The molecule has 0 radical (unpaired) electrons. The van der Waals surface area contributed by atoms with Crippen LogP contribution in [-0.4, -0.2) is 23.5 Å². The molecule has 0 saturated heterocycles. The molecule has 0 aliphatic heterocycles. The van der Waals surface area contributed by atoms with Gasteiger partial charge in [0.1, 0.15) is 11.6 Å². The largest absolute Gasteiger partial charge is 0.357 e. The van der Waals surface area contributed by atoms with Gasteiger partial charge in [-0.05, 0) is 37.6 Å². The number of hydrogen-bond acceptors (Lipinski definition) is 2. The van der Waals surface area contributed by atoms with Crippen molar-refractivity contribution in [2.45, 2.75) is 31.8 Å². The van der Waals surface area contributed by atoms with Crippen molar-refractivity contribution in [1.29, 1.82) is 0 Å². The van der Waals surface area contributed by atoms with Crippen LogP contribution >= 0.6 is 24.0 Å². The Labute approximate surface area is 163 Å². The molecule has 0 bridgehead atoms. The zero-order valence-corrected chi connectivity index (χ0v) is 16.2. The van der Waals surface area contributed by atoms with E-state index in [0.29, 0.717) is 25.5 Å². The lowest BCUT2D eigenvalue weighted by atomic mass is 10.1. The Kier molecular flexibility index (Phi) is 7.10. The number of aliphatic imine (C=N–C) groups is 1. The number of rotatable bonds is 5. The maximum atomic E-state index is 13.8. The third-order valence-electron chi connectivity index (χ3n) is 3.95. The van der Waals surface area contributed by atoms with Gasteiger partial charge in [-0.2, -0.15) is 0 Å². The van der Waals surface area contributed by atoms with Gasteiger partial charge in [0.05, 0.1) is 12.2 Å². The van der Waals surface area contributed by atoms with Crippen molar-refractivity contribution in [3.63, 3.8) is 0 Å². The molecule has 3 rings (SSSR count). The fourth-order valence-electron chi connectivity index (χ4n) is 2.69. The van der Waals surface area contributed by atoms with Gasteiger partial charge in [0, 0.05) is 30.3 Å². The Hall–Kier alpha value is -1.77. The van der Waals surface area contributed by atoms with Crippen molar-refractivity contribution >= 4 is 29.9 Å². The van der Waals surface area contributed by atoms with E-state index < -0.39 is 11.6 Å². The van der Waals surface area contributed by atoms with Crippen LogP contribution in [0, 0.1) is 11.6 Å². The molecule has 1 heterocycles. The highest BCUT2D eigenvalue weighted by atomic mass is 127. The minimum Gasteiger partial charge on any atom is -0.357 e. The molecule has 134 valence electrons. The van der Waals surface area contributed by atoms with Crippen molar-refractivity contribution in [3.8, 4) is 0 Å². The zero-order chi connectivity index (χ0) is 16.9. The van der Waals surface area contributed by atoms with Crippen molar-refractivity contribution in [2.75, 3.05) is 6.54 Å². The Morgan fingerprint density at radius 1 is 1.20 bits per heavy atom. The molecule has 2 N–H and O–H groups in total. The van der Waals surface area contributed by atoms with Crippen molar-refractivity contribution in [2.24, 2.45) is 4.99 Å². The molecule has 4 nitrogen and oxygen atoms in total. The van der Waals surface area contributed by atoms with E-state index in [9.17, 15) is 8.78 Å². The summed E-state index contributed by atoms with van der Waals surface area (Å²) in [6, 6.07) is 9.64. The van der Waals surface area contributed by atoms with Crippen LogP contribution in [0.5, 0.6) is 0 Å². The summed E-state index contributed by atoms with van der Waals surface area (Å²) in [5.41, 5.74) is 1.03. The smallest absolute Gasteiger partial charge is 0.191 e. The van der Waals surface area contributed by atoms with E-state index in [1.165, 1.54) is 18.2 Å². The van der Waals surface area contributed by atoms with E-state index in [4.69, 9.17) is 0 Å². The topological polar surface area (TPSA) is 49.3 Å². The monoisotopic (exact) mass is 458 g/mol. The third-order valence-corrected chi connectivity index (χ3v) is 3.95. The van der Waals surface area contributed by atoms with Crippen LogP contribution < -0.4 is 10.6 Å². The van der Waals surface area contributed by atoms with Gasteiger partial charge >= 0.3 is 0 Å². The highest BCUT2D eigenvalue weighted by molar-refractivity contribution is 14.0. The van der Waals surface area contributed by atoms with Crippen LogP contribution in [0.2, 0.25) is 0 Å². The van der Waals surface area contributed by atoms with Crippen molar-refractivity contribution < 1.29 is 8.78 Å². The molecule has 2 atom stereocenters. The molecule has 1 aromatic heterocycles. The van der Waals surface area contributed by atoms with Crippen LogP contribution in [0.15, 0.2) is 47.6 Å². The second-order valence-electron chi connectivity index (χ2n) is 5.74. The van der Waals surface area contributed by atoms with Gasteiger partial charge in [-0.3, -0.25) is 4.98 Å². The molecular weight excluding hydrogens is 437 g/mol. The Morgan fingerprint density at radius 2 is 1.96 bits per heavy atom. The molecule has 1 aliphatic rings. The molecule has 1 aromatic carbocycles. The van der Waals surface area contributed by atoms with Crippen LogP contribution in [0.25, 0.3) is 0 Å². The predicted octanol–water partition coefficient (Wildman–Crippen LogP) is 3.59. The summed E-state index contributed by atoms with van der Waals surface area (Å²) in [6.07, 6.45) is 2.41. The fourth-order valence-corrected chi connectivity index (χ4v) is 2.69. The molecule has 25 heavy (non-hydrogen) atoms. The summed E-state index contributed by atoms with van der Waals surface area (Å²) in [4.78, 5) is 8.71. The Morgan fingerprint density at radius 3 is 2.60 bits per heavy atom. The first-order valence-corrected chi connectivity index (χ1v) is 8.07.